The van der Waals surface area contributed by atoms with E-state index in [1.54, 1.807) is 11.8 Å². The molecule has 0 spiro atoms. The van der Waals surface area contributed by atoms with Gasteiger partial charge in [-0.05, 0) is 37.8 Å². The zero-order valence-corrected chi connectivity index (χ0v) is 16.6. The Hall–Kier alpha value is -2.57. The number of fused-ring (bicyclic) bond motifs is 1. The van der Waals surface area contributed by atoms with Crippen LogP contribution in [0, 0.1) is 5.92 Å². The summed E-state index contributed by atoms with van der Waals surface area (Å²) in [5, 5.41) is 12.5. The lowest BCUT2D eigenvalue weighted by Crippen LogP contribution is -2.52. The second-order valence-electron chi connectivity index (χ2n) is 7.01. The molecule has 1 unspecified atom stereocenters. The van der Waals surface area contributed by atoms with Gasteiger partial charge < -0.3 is 20.1 Å². The van der Waals surface area contributed by atoms with Crippen molar-refractivity contribution in [1.82, 2.24) is 5.32 Å². The van der Waals surface area contributed by atoms with Gasteiger partial charge in [0, 0.05) is 12.2 Å². The summed E-state index contributed by atoms with van der Waals surface area (Å²) < 4.78 is 4.92. The largest absolute Gasteiger partial charge is 0.481 e. The number of nitrogens with one attached hydrogen (secondary N) is 1. The lowest BCUT2D eigenvalue weighted by molar-refractivity contribution is -0.147. The summed E-state index contributed by atoms with van der Waals surface area (Å²) in [6, 6.07) is 6.74. The molecule has 0 saturated heterocycles. The molecule has 2 rings (SSSR count). The highest BCUT2D eigenvalue weighted by Gasteiger charge is 2.40. The van der Waals surface area contributed by atoms with Crippen LogP contribution in [0.3, 0.4) is 0 Å². The van der Waals surface area contributed by atoms with Gasteiger partial charge in [0.1, 0.15) is 0 Å². The second kappa shape index (κ2) is 10.7. The average Bonchev–Trinajstić information content (AvgIpc) is 2.67. The maximum Gasteiger partial charge on any atom is 0.407 e. The molecule has 0 saturated carbocycles. The van der Waals surface area contributed by atoms with Crippen molar-refractivity contribution in [3.8, 4) is 0 Å². The fourth-order valence-corrected chi connectivity index (χ4v) is 3.64. The summed E-state index contributed by atoms with van der Waals surface area (Å²) in [7, 11) is 0. The predicted molar refractivity (Wildman–Crippen MR) is 106 cm³/mol. The van der Waals surface area contributed by atoms with E-state index in [0.29, 0.717) is 13.0 Å². The summed E-state index contributed by atoms with van der Waals surface area (Å²) in [5.41, 5.74) is 1.79. The van der Waals surface area contributed by atoms with E-state index in [1.165, 1.54) is 0 Å². The van der Waals surface area contributed by atoms with Crippen LogP contribution < -0.4 is 10.2 Å². The monoisotopic (exact) mass is 390 g/mol. The average molecular weight is 390 g/mol. The third-order valence-electron chi connectivity index (χ3n) is 5.01. The molecule has 1 aromatic rings. The van der Waals surface area contributed by atoms with Crippen molar-refractivity contribution in [2.75, 3.05) is 18.1 Å². The van der Waals surface area contributed by atoms with Crippen molar-refractivity contribution in [3.63, 3.8) is 0 Å². The third kappa shape index (κ3) is 5.47. The molecule has 0 radical (unpaired) electrons. The van der Waals surface area contributed by atoms with Crippen molar-refractivity contribution in [2.45, 2.75) is 58.4 Å². The third-order valence-corrected chi connectivity index (χ3v) is 5.01. The van der Waals surface area contributed by atoms with Crippen molar-refractivity contribution in [1.29, 1.82) is 0 Å². The molecule has 1 heterocycles. The van der Waals surface area contributed by atoms with Gasteiger partial charge in [0.15, 0.2) is 5.92 Å². The number of ether oxygens (including phenoxy) is 1. The highest BCUT2D eigenvalue weighted by Crippen LogP contribution is 2.29. The highest BCUT2D eigenvalue weighted by molar-refractivity contribution is 6.07. The molecule has 1 aliphatic rings. The summed E-state index contributed by atoms with van der Waals surface area (Å²) in [6.07, 6.45) is 3.93. The lowest BCUT2D eigenvalue weighted by Gasteiger charge is -2.33. The smallest absolute Gasteiger partial charge is 0.407 e. The second-order valence-corrected chi connectivity index (χ2v) is 7.01. The van der Waals surface area contributed by atoms with Crippen LogP contribution in [0.5, 0.6) is 0 Å². The SMILES string of the molecule is CCCCC[C@H](NC(=O)OCC)C(C(=O)O)C(=O)N1CCCc2ccccc21. The number of nitrogens with zero attached hydrogens (tertiary/aromatic N) is 1. The van der Waals surface area contributed by atoms with Crippen molar-refractivity contribution in [2.24, 2.45) is 5.92 Å². The van der Waals surface area contributed by atoms with E-state index in [0.717, 1.165) is 43.4 Å². The van der Waals surface area contributed by atoms with Gasteiger partial charge >= 0.3 is 12.1 Å². The maximum atomic E-state index is 13.3. The molecule has 2 atom stereocenters. The Kier molecular flexibility index (Phi) is 8.29. The summed E-state index contributed by atoms with van der Waals surface area (Å²) in [5.74, 6) is -3.07. The summed E-state index contributed by atoms with van der Waals surface area (Å²) in [6.45, 7) is 4.37. The Morgan fingerprint density at radius 3 is 2.64 bits per heavy atom. The van der Waals surface area contributed by atoms with Crippen LogP contribution in [0.4, 0.5) is 10.5 Å². The minimum Gasteiger partial charge on any atom is -0.481 e. The van der Waals surface area contributed by atoms with E-state index >= 15 is 0 Å². The van der Waals surface area contributed by atoms with Crippen LogP contribution in [0.1, 0.15) is 51.5 Å². The number of para-hydroxylation sites is 1. The molecule has 0 fully saturated rings. The number of carbonyl (C=O) groups is 3. The molecule has 28 heavy (non-hydrogen) atoms. The maximum absolute atomic E-state index is 13.3. The number of hydrogen-bond donors (Lipinski definition) is 2. The number of aliphatic carboxylic acids is 1. The fourth-order valence-electron chi connectivity index (χ4n) is 3.64. The van der Waals surface area contributed by atoms with Gasteiger partial charge in [0.25, 0.3) is 0 Å². The molecule has 1 aliphatic heterocycles. The molecule has 2 N–H and O–H groups in total. The number of carboxylic acids is 1. The van der Waals surface area contributed by atoms with E-state index < -0.39 is 29.9 Å². The Morgan fingerprint density at radius 2 is 1.96 bits per heavy atom. The zero-order valence-electron chi connectivity index (χ0n) is 16.6. The van der Waals surface area contributed by atoms with Crippen LogP contribution in [-0.2, 0) is 20.7 Å². The first-order valence-electron chi connectivity index (χ1n) is 10.0. The number of carboxylic acid groups (broad SMARTS) is 1. The number of alkyl carbamates (subject to hydrolysis) is 1. The van der Waals surface area contributed by atoms with Crippen LogP contribution in [0.25, 0.3) is 0 Å². The molecule has 0 bridgehead atoms. The first-order valence-corrected chi connectivity index (χ1v) is 10.0. The number of benzene rings is 1. The van der Waals surface area contributed by atoms with Gasteiger partial charge in [-0.15, -0.1) is 0 Å². The Morgan fingerprint density at radius 1 is 1.21 bits per heavy atom. The van der Waals surface area contributed by atoms with E-state index in [9.17, 15) is 19.5 Å². The van der Waals surface area contributed by atoms with Gasteiger partial charge in [-0.3, -0.25) is 9.59 Å². The van der Waals surface area contributed by atoms with E-state index in [1.807, 2.05) is 31.2 Å². The van der Waals surface area contributed by atoms with Crippen molar-refractivity contribution in [3.05, 3.63) is 29.8 Å². The molecule has 154 valence electrons. The van der Waals surface area contributed by atoms with Gasteiger partial charge in [-0.25, -0.2) is 4.79 Å². The van der Waals surface area contributed by atoms with Gasteiger partial charge in [-0.2, -0.15) is 0 Å². The number of amides is 2. The van der Waals surface area contributed by atoms with Gasteiger partial charge in [0.05, 0.1) is 12.6 Å². The normalized spacial score (nSPS) is 15.3. The first-order chi connectivity index (χ1) is 13.5. The van der Waals surface area contributed by atoms with Gasteiger partial charge in [-0.1, -0.05) is 44.4 Å². The number of anilines is 1. The molecular formula is C21H30N2O5. The number of rotatable bonds is 9. The molecule has 0 aliphatic carbocycles. The zero-order chi connectivity index (χ0) is 20.5. The summed E-state index contributed by atoms with van der Waals surface area (Å²) >= 11 is 0. The topological polar surface area (TPSA) is 95.9 Å². The number of unbranched alkanes of at least 4 members (excludes halogenated alkanes) is 2. The molecule has 1 aromatic carbocycles. The number of hydrogen-bond acceptors (Lipinski definition) is 4. The molecule has 2 amide bonds. The first kappa shape index (κ1) is 21.7. The van der Waals surface area contributed by atoms with Gasteiger partial charge in [0.2, 0.25) is 5.91 Å². The number of carbonyl (C=O) groups excluding carboxylic acids is 2. The Labute approximate surface area is 166 Å². The molecule has 7 nitrogen and oxygen atoms in total. The lowest BCUT2D eigenvalue weighted by atomic mass is 9.91. The standard InChI is InChI=1S/C21H30N2O5/c1-3-5-6-12-16(22-21(27)28-4-2)18(20(25)26)19(24)23-14-9-11-15-10-7-8-13-17(15)23/h7-8,10,13,16,18H,3-6,9,11-12,14H2,1-2H3,(H,22,27)(H,25,26)/t16-,18?/m0/s1. The van der Waals surface area contributed by atoms with Crippen LogP contribution in [0.15, 0.2) is 24.3 Å². The molecule has 7 heteroatoms. The summed E-state index contributed by atoms with van der Waals surface area (Å²) in [4.78, 5) is 38.9. The minimum absolute atomic E-state index is 0.179. The van der Waals surface area contributed by atoms with Crippen molar-refractivity contribution < 1.29 is 24.2 Å². The predicted octanol–water partition coefficient (Wildman–Crippen LogP) is 3.36. The van der Waals surface area contributed by atoms with Crippen LogP contribution >= 0.6 is 0 Å². The fraction of sp³-hybridized carbons (Fsp3) is 0.571. The minimum atomic E-state index is -1.35. The Bertz CT molecular complexity index is 691. The van der Waals surface area contributed by atoms with E-state index in [2.05, 4.69) is 5.32 Å². The molecule has 0 aromatic heterocycles. The van der Waals surface area contributed by atoms with E-state index in [-0.39, 0.29) is 6.61 Å². The van der Waals surface area contributed by atoms with E-state index in [4.69, 9.17) is 4.74 Å². The number of aryl methyl sites for hydroxylation is 1. The Balaban J connectivity index is 2.27. The van der Waals surface area contributed by atoms with Crippen LogP contribution in [-0.4, -0.2) is 42.3 Å². The van der Waals surface area contributed by atoms with Crippen LogP contribution in [0.2, 0.25) is 0 Å². The highest BCUT2D eigenvalue weighted by atomic mass is 16.5. The molecular weight excluding hydrogens is 360 g/mol. The quantitative estimate of drug-likeness (QED) is 0.498. The van der Waals surface area contributed by atoms with Crippen molar-refractivity contribution >= 4 is 23.7 Å².